The largest absolute Gasteiger partial charge is 0.396 e. The molecule has 0 fully saturated rings. The number of fused-ring (bicyclic) bond motifs is 1. The summed E-state index contributed by atoms with van der Waals surface area (Å²) in [5, 5.41) is 0. The Morgan fingerprint density at radius 1 is 1.12 bits per heavy atom. The van der Waals surface area contributed by atoms with Gasteiger partial charge in [-0.15, -0.1) is 0 Å². The molecule has 17 heavy (non-hydrogen) atoms. The number of aryl methyl sites for hydroxylation is 1. The van der Waals surface area contributed by atoms with Crippen LogP contribution in [0.4, 0.5) is 5.69 Å². The SMILES string of the molecule is Cn1cnc2ncc(-c3ccccc3)c(N)c21. The number of hydrogen-bond acceptors (Lipinski definition) is 3. The molecule has 1 aromatic carbocycles. The number of pyridine rings is 1. The molecule has 3 aromatic rings. The molecule has 0 aliphatic carbocycles. The van der Waals surface area contributed by atoms with Crippen LogP contribution < -0.4 is 5.73 Å². The molecule has 0 spiro atoms. The molecule has 4 heteroatoms. The van der Waals surface area contributed by atoms with Crippen LogP contribution in [0, 0.1) is 0 Å². The van der Waals surface area contributed by atoms with Crippen LogP contribution in [0.25, 0.3) is 22.3 Å². The summed E-state index contributed by atoms with van der Waals surface area (Å²) in [4.78, 5) is 8.51. The van der Waals surface area contributed by atoms with Crippen LogP contribution in [0.3, 0.4) is 0 Å². The molecule has 84 valence electrons. The summed E-state index contributed by atoms with van der Waals surface area (Å²) in [7, 11) is 1.92. The Morgan fingerprint density at radius 3 is 2.65 bits per heavy atom. The van der Waals surface area contributed by atoms with E-state index >= 15 is 0 Å². The molecule has 0 radical (unpaired) electrons. The van der Waals surface area contributed by atoms with Crippen LogP contribution >= 0.6 is 0 Å². The van der Waals surface area contributed by atoms with Crippen molar-refractivity contribution in [3.63, 3.8) is 0 Å². The van der Waals surface area contributed by atoms with Crippen molar-refractivity contribution < 1.29 is 0 Å². The highest BCUT2D eigenvalue weighted by Crippen LogP contribution is 2.29. The lowest BCUT2D eigenvalue weighted by atomic mass is 10.1. The lowest BCUT2D eigenvalue weighted by Crippen LogP contribution is -1.96. The predicted octanol–water partition coefficient (Wildman–Crippen LogP) is 2.22. The van der Waals surface area contributed by atoms with E-state index in [2.05, 4.69) is 9.97 Å². The molecule has 2 aromatic heterocycles. The van der Waals surface area contributed by atoms with Crippen LogP contribution in [0.2, 0.25) is 0 Å². The molecule has 0 saturated carbocycles. The van der Waals surface area contributed by atoms with Gasteiger partial charge in [-0.2, -0.15) is 0 Å². The van der Waals surface area contributed by atoms with E-state index in [0.29, 0.717) is 5.65 Å². The minimum Gasteiger partial charge on any atom is -0.396 e. The van der Waals surface area contributed by atoms with Gasteiger partial charge in [-0.1, -0.05) is 30.3 Å². The maximum Gasteiger partial charge on any atom is 0.179 e. The summed E-state index contributed by atoms with van der Waals surface area (Å²) in [6.45, 7) is 0. The summed E-state index contributed by atoms with van der Waals surface area (Å²) < 4.78 is 1.89. The Morgan fingerprint density at radius 2 is 1.88 bits per heavy atom. The van der Waals surface area contributed by atoms with Crippen LogP contribution in [0.5, 0.6) is 0 Å². The molecule has 2 N–H and O–H groups in total. The molecule has 0 aliphatic rings. The monoisotopic (exact) mass is 224 g/mol. The van der Waals surface area contributed by atoms with E-state index in [0.717, 1.165) is 22.3 Å². The van der Waals surface area contributed by atoms with Crippen LogP contribution in [-0.2, 0) is 7.05 Å². The lowest BCUT2D eigenvalue weighted by molar-refractivity contribution is 0.949. The highest BCUT2D eigenvalue weighted by molar-refractivity contribution is 5.94. The first kappa shape index (κ1) is 9.84. The fourth-order valence-corrected chi connectivity index (χ4v) is 1.99. The van der Waals surface area contributed by atoms with Gasteiger partial charge in [0.15, 0.2) is 5.65 Å². The van der Waals surface area contributed by atoms with Gasteiger partial charge < -0.3 is 10.3 Å². The highest BCUT2D eigenvalue weighted by atomic mass is 15.1. The third-order valence-electron chi connectivity index (χ3n) is 2.86. The summed E-state index contributed by atoms with van der Waals surface area (Å²) >= 11 is 0. The van der Waals surface area contributed by atoms with Gasteiger partial charge in [-0.25, -0.2) is 9.97 Å². The van der Waals surface area contributed by atoms with Gasteiger partial charge in [0.2, 0.25) is 0 Å². The number of imidazole rings is 1. The van der Waals surface area contributed by atoms with Gasteiger partial charge in [0, 0.05) is 18.8 Å². The maximum absolute atomic E-state index is 6.20. The molecule has 4 nitrogen and oxygen atoms in total. The number of anilines is 1. The van der Waals surface area contributed by atoms with Crippen molar-refractivity contribution in [2.45, 2.75) is 0 Å². The van der Waals surface area contributed by atoms with Crippen molar-refractivity contribution in [2.75, 3.05) is 5.73 Å². The van der Waals surface area contributed by atoms with Crippen LogP contribution in [0.15, 0.2) is 42.9 Å². The van der Waals surface area contributed by atoms with Crippen LogP contribution in [0.1, 0.15) is 0 Å². The second-order valence-corrected chi connectivity index (χ2v) is 3.98. The van der Waals surface area contributed by atoms with Crippen molar-refractivity contribution in [3.8, 4) is 11.1 Å². The minimum atomic E-state index is 0.685. The third kappa shape index (κ3) is 1.45. The molecule has 2 heterocycles. The molecule has 0 unspecified atom stereocenters. The average Bonchev–Trinajstić information content (AvgIpc) is 2.73. The Hall–Kier alpha value is -2.36. The van der Waals surface area contributed by atoms with Gasteiger partial charge >= 0.3 is 0 Å². The zero-order valence-electron chi connectivity index (χ0n) is 9.46. The number of hydrogen-bond donors (Lipinski definition) is 1. The summed E-state index contributed by atoms with van der Waals surface area (Å²) in [6.07, 6.45) is 3.50. The number of aromatic nitrogens is 3. The van der Waals surface area contributed by atoms with Crippen LogP contribution in [-0.4, -0.2) is 14.5 Å². The van der Waals surface area contributed by atoms with E-state index in [-0.39, 0.29) is 0 Å². The first-order valence-corrected chi connectivity index (χ1v) is 5.38. The van der Waals surface area contributed by atoms with Crippen molar-refractivity contribution in [1.29, 1.82) is 0 Å². The second kappa shape index (κ2) is 3.59. The zero-order chi connectivity index (χ0) is 11.8. The van der Waals surface area contributed by atoms with Crippen molar-refractivity contribution in [3.05, 3.63) is 42.9 Å². The highest BCUT2D eigenvalue weighted by Gasteiger charge is 2.10. The summed E-state index contributed by atoms with van der Waals surface area (Å²) in [5.74, 6) is 0. The molecule has 3 rings (SSSR count). The summed E-state index contributed by atoms with van der Waals surface area (Å²) in [5.41, 5.74) is 10.5. The van der Waals surface area contributed by atoms with Gasteiger partial charge in [0.25, 0.3) is 0 Å². The smallest absolute Gasteiger partial charge is 0.179 e. The normalized spacial score (nSPS) is 10.9. The van der Waals surface area contributed by atoms with E-state index < -0.39 is 0 Å². The molecular weight excluding hydrogens is 212 g/mol. The van der Waals surface area contributed by atoms with E-state index in [4.69, 9.17) is 5.73 Å². The quantitative estimate of drug-likeness (QED) is 0.689. The topological polar surface area (TPSA) is 56.7 Å². The van der Waals surface area contributed by atoms with E-state index in [1.54, 1.807) is 12.5 Å². The molecular formula is C13H12N4. The van der Waals surface area contributed by atoms with Crippen molar-refractivity contribution >= 4 is 16.9 Å². The predicted molar refractivity (Wildman–Crippen MR) is 68.4 cm³/mol. The van der Waals surface area contributed by atoms with Gasteiger partial charge in [-0.3, -0.25) is 0 Å². The lowest BCUT2D eigenvalue weighted by Gasteiger charge is -2.07. The van der Waals surface area contributed by atoms with E-state index in [9.17, 15) is 0 Å². The summed E-state index contributed by atoms with van der Waals surface area (Å²) in [6, 6.07) is 10.0. The number of rotatable bonds is 1. The molecule has 0 aliphatic heterocycles. The van der Waals surface area contributed by atoms with E-state index in [1.165, 1.54) is 0 Å². The third-order valence-corrected chi connectivity index (χ3v) is 2.86. The number of nitrogens with zero attached hydrogens (tertiary/aromatic N) is 3. The van der Waals surface area contributed by atoms with Gasteiger partial charge in [0.1, 0.15) is 5.52 Å². The Balaban J connectivity index is 2.32. The fraction of sp³-hybridized carbons (Fsp3) is 0.0769. The average molecular weight is 224 g/mol. The minimum absolute atomic E-state index is 0.685. The zero-order valence-corrected chi connectivity index (χ0v) is 9.46. The Bertz CT molecular complexity index is 670. The Labute approximate surface area is 98.7 Å². The van der Waals surface area contributed by atoms with Gasteiger partial charge in [-0.05, 0) is 5.56 Å². The molecule has 0 bridgehead atoms. The molecule has 0 amide bonds. The van der Waals surface area contributed by atoms with Crippen molar-refractivity contribution in [1.82, 2.24) is 14.5 Å². The molecule has 0 saturated heterocycles. The fourth-order valence-electron chi connectivity index (χ4n) is 1.99. The standard InChI is InChI=1S/C13H12N4/c1-17-8-16-13-12(17)11(14)10(7-15-13)9-5-3-2-4-6-9/h2-8H,1H3,(H2,14,15). The molecule has 0 atom stereocenters. The maximum atomic E-state index is 6.20. The van der Waals surface area contributed by atoms with E-state index in [1.807, 2.05) is 41.9 Å². The van der Waals surface area contributed by atoms with Gasteiger partial charge in [0.05, 0.1) is 12.0 Å². The van der Waals surface area contributed by atoms with Crippen molar-refractivity contribution in [2.24, 2.45) is 7.05 Å². The Kier molecular flexibility index (Phi) is 2.08. The number of nitrogens with two attached hydrogens (primary N) is 1. The number of benzene rings is 1. The number of nitrogen functional groups attached to an aromatic ring is 1. The first-order valence-electron chi connectivity index (χ1n) is 5.38. The first-order chi connectivity index (χ1) is 8.27. The second-order valence-electron chi connectivity index (χ2n) is 3.98.